The van der Waals surface area contributed by atoms with Crippen molar-refractivity contribution in [1.82, 2.24) is 0 Å². The summed E-state index contributed by atoms with van der Waals surface area (Å²) in [5.41, 5.74) is 7.54. The Balaban J connectivity index is 2.89. The van der Waals surface area contributed by atoms with Crippen LogP contribution in [0.15, 0.2) is 11.3 Å². The minimum atomic E-state index is 0.111. The number of nitrogens with two attached hydrogens (primary N) is 1. The second-order valence-corrected chi connectivity index (χ2v) is 3.92. The molecule has 2 heteroatoms. The molecule has 1 rings (SSSR count). The average Bonchev–Trinajstić information content (AvgIpc) is 2.50. The van der Waals surface area contributed by atoms with E-state index in [0.717, 1.165) is 18.5 Å². The zero-order chi connectivity index (χ0) is 9.19. The Morgan fingerprint density at radius 1 is 1.42 bits per heavy atom. The first-order chi connectivity index (χ1) is 5.60. The number of nitriles is 1. The molecule has 0 bridgehead atoms. The Kier molecular flexibility index (Phi) is 2.42. The zero-order valence-electron chi connectivity index (χ0n) is 7.85. The fourth-order valence-electron chi connectivity index (χ4n) is 1.94. The lowest BCUT2D eigenvalue weighted by Gasteiger charge is -2.24. The van der Waals surface area contributed by atoms with Gasteiger partial charge in [-0.25, -0.2) is 0 Å². The van der Waals surface area contributed by atoms with Crippen LogP contribution in [0.4, 0.5) is 0 Å². The minimum absolute atomic E-state index is 0.111. The predicted molar refractivity (Wildman–Crippen MR) is 49.1 cm³/mol. The molecule has 1 aliphatic carbocycles. The lowest BCUT2D eigenvalue weighted by Crippen LogP contribution is -2.22. The molecule has 0 aromatic rings. The monoisotopic (exact) mass is 164 g/mol. The van der Waals surface area contributed by atoms with E-state index in [1.807, 2.05) is 0 Å². The second-order valence-electron chi connectivity index (χ2n) is 3.92. The van der Waals surface area contributed by atoms with Crippen LogP contribution in [0.1, 0.15) is 39.5 Å². The maximum absolute atomic E-state index is 8.69. The van der Waals surface area contributed by atoms with E-state index in [1.165, 1.54) is 12.8 Å². The molecule has 0 amide bonds. The van der Waals surface area contributed by atoms with E-state index in [1.54, 1.807) is 6.92 Å². The van der Waals surface area contributed by atoms with Crippen molar-refractivity contribution >= 4 is 0 Å². The van der Waals surface area contributed by atoms with Gasteiger partial charge in [-0.15, -0.1) is 0 Å². The molecule has 1 fully saturated rings. The molecule has 2 N–H and O–H groups in total. The first-order valence-electron chi connectivity index (χ1n) is 4.47. The van der Waals surface area contributed by atoms with Gasteiger partial charge >= 0.3 is 0 Å². The van der Waals surface area contributed by atoms with E-state index >= 15 is 0 Å². The van der Waals surface area contributed by atoms with Crippen LogP contribution in [0.5, 0.6) is 0 Å². The topological polar surface area (TPSA) is 49.8 Å². The van der Waals surface area contributed by atoms with E-state index in [2.05, 4.69) is 13.0 Å². The minimum Gasteiger partial charge on any atom is -0.401 e. The van der Waals surface area contributed by atoms with Crippen molar-refractivity contribution in [2.75, 3.05) is 0 Å². The highest BCUT2D eigenvalue weighted by molar-refractivity contribution is 5.28. The second kappa shape index (κ2) is 3.18. The van der Waals surface area contributed by atoms with Crippen molar-refractivity contribution in [2.24, 2.45) is 11.1 Å². The van der Waals surface area contributed by atoms with E-state index in [0.29, 0.717) is 5.57 Å². The normalized spacial score (nSPS) is 23.1. The molecule has 0 saturated heterocycles. The molecule has 66 valence electrons. The van der Waals surface area contributed by atoms with Crippen molar-refractivity contribution in [3.8, 4) is 6.07 Å². The van der Waals surface area contributed by atoms with E-state index in [4.69, 9.17) is 11.0 Å². The molecule has 0 atom stereocenters. The third-order valence-electron chi connectivity index (χ3n) is 2.93. The molecule has 0 aromatic heterocycles. The summed E-state index contributed by atoms with van der Waals surface area (Å²) >= 11 is 0. The highest BCUT2D eigenvalue weighted by Crippen LogP contribution is 2.42. The van der Waals surface area contributed by atoms with Crippen LogP contribution in [0.2, 0.25) is 0 Å². The van der Waals surface area contributed by atoms with Crippen molar-refractivity contribution in [1.29, 1.82) is 5.26 Å². The summed E-state index contributed by atoms with van der Waals surface area (Å²) in [6.45, 7) is 3.97. The number of rotatable bonds is 1. The molecular formula is C10H16N2. The molecular weight excluding hydrogens is 148 g/mol. The third-order valence-corrected chi connectivity index (χ3v) is 2.93. The smallest absolute Gasteiger partial charge is 0.0962 e. The van der Waals surface area contributed by atoms with Gasteiger partial charge in [-0.05, 0) is 19.8 Å². The largest absolute Gasteiger partial charge is 0.401 e. The third kappa shape index (κ3) is 1.45. The Hall–Kier alpha value is -0.970. The fourth-order valence-corrected chi connectivity index (χ4v) is 1.94. The predicted octanol–water partition coefficient (Wildman–Crippen LogP) is 2.32. The Morgan fingerprint density at radius 2 is 1.92 bits per heavy atom. The van der Waals surface area contributed by atoms with Gasteiger partial charge in [0.25, 0.3) is 0 Å². The maximum atomic E-state index is 8.69. The van der Waals surface area contributed by atoms with Gasteiger partial charge in [-0.1, -0.05) is 19.8 Å². The van der Waals surface area contributed by atoms with E-state index in [9.17, 15) is 0 Å². The molecule has 12 heavy (non-hydrogen) atoms. The SMILES string of the molecule is C/C(C#N)=C(/N)C1(C)CCCC1. The van der Waals surface area contributed by atoms with Crippen LogP contribution in [0.25, 0.3) is 0 Å². The Morgan fingerprint density at radius 3 is 2.33 bits per heavy atom. The first-order valence-corrected chi connectivity index (χ1v) is 4.47. The standard InChI is InChI=1S/C10H16N2/c1-8(7-11)9(12)10(2)5-3-4-6-10/h3-6,12H2,1-2H3/b9-8-. The summed E-state index contributed by atoms with van der Waals surface area (Å²) in [5.74, 6) is 0. The van der Waals surface area contributed by atoms with Gasteiger partial charge < -0.3 is 5.73 Å². The summed E-state index contributed by atoms with van der Waals surface area (Å²) < 4.78 is 0. The number of allylic oxidation sites excluding steroid dienone is 2. The van der Waals surface area contributed by atoms with Gasteiger partial charge in [0.1, 0.15) is 0 Å². The number of nitrogens with zero attached hydrogens (tertiary/aromatic N) is 1. The lowest BCUT2D eigenvalue weighted by atomic mass is 9.83. The van der Waals surface area contributed by atoms with E-state index in [-0.39, 0.29) is 5.41 Å². The fraction of sp³-hybridized carbons (Fsp3) is 0.700. The summed E-state index contributed by atoms with van der Waals surface area (Å²) in [4.78, 5) is 0. The van der Waals surface area contributed by atoms with Gasteiger partial charge in [-0.2, -0.15) is 5.26 Å². The molecule has 1 aliphatic rings. The van der Waals surface area contributed by atoms with Crippen LogP contribution >= 0.6 is 0 Å². The zero-order valence-corrected chi connectivity index (χ0v) is 7.85. The lowest BCUT2D eigenvalue weighted by molar-refractivity contribution is 0.406. The molecule has 0 radical (unpaired) electrons. The van der Waals surface area contributed by atoms with Gasteiger partial charge in [0.05, 0.1) is 6.07 Å². The molecule has 1 saturated carbocycles. The van der Waals surface area contributed by atoms with Crippen molar-refractivity contribution < 1.29 is 0 Å². The van der Waals surface area contributed by atoms with Crippen molar-refractivity contribution in [2.45, 2.75) is 39.5 Å². The highest BCUT2D eigenvalue weighted by atomic mass is 14.7. The molecule has 0 heterocycles. The summed E-state index contributed by atoms with van der Waals surface area (Å²) in [6.07, 6.45) is 4.77. The molecule has 0 unspecified atom stereocenters. The molecule has 0 aromatic carbocycles. The maximum Gasteiger partial charge on any atom is 0.0962 e. The van der Waals surface area contributed by atoms with Crippen molar-refractivity contribution in [3.05, 3.63) is 11.3 Å². The highest BCUT2D eigenvalue weighted by Gasteiger charge is 2.32. The summed E-state index contributed by atoms with van der Waals surface area (Å²) in [5, 5.41) is 8.69. The quantitative estimate of drug-likeness (QED) is 0.605. The van der Waals surface area contributed by atoms with Crippen LogP contribution in [0, 0.1) is 16.7 Å². The summed E-state index contributed by atoms with van der Waals surface area (Å²) in [6, 6.07) is 2.12. The number of hydrogen-bond acceptors (Lipinski definition) is 2. The van der Waals surface area contributed by atoms with Gasteiger partial charge in [0.2, 0.25) is 0 Å². The van der Waals surface area contributed by atoms with Gasteiger partial charge in [0.15, 0.2) is 0 Å². The Bertz CT molecular complexity index is 239. The molecule has 2 nitrogen and oxygen atoms in total. The number of hydrogen-bond donors (Lipinski definition) is 1. The van der Waals surface area contributed by atoms with Crippen LogP contribution in [0.3, 0.4) is 0 Å². The molecule has 0 aliphatic heterocycles. The molecule has 0 spiro atoms. The van der Waals surface area contributed by atoms with E-state index < -0.39 is 0 Å². The first kappa shape index (κ1) is 9.12. The summed E-state index contributed by atoms with van der Waals surface area (Å²) in [7, 11) is 0. The van der Waals surface area contributed by atoms with Crippen LogP contribution in [-0.2, 0) is 0 Å². The van der Waals surface area contributed by atoms with Crippen LogP contribution < -0.4 is 5.73 Å². The van der Waals surface area contributed by atoms with Crippen molar-refractivity contribution in [3.63, 3.8) is 0 Å². The Labute approximate surface area is 74.1 Å². The van der Waals surface area contributed by atoms with Gasteiger partial charge in [0, 0.05) is 16.7 Å². The van der Waals surface area contributed by atoms with Crippen LogP contribution in [-0.4, -0.2) is 0 Å². The van der Waals surface area contributed by atoms with Gasteiger partial charge in [-0.3, -0.25) is 0 Å². The average molecular weight is 164 g/mol.